The summed E-state index contributed by atoms with van der Waals surface area (Å²) in [6.45, 7) is 4.34. The third-order valence-corrected chi connectivity index (χ3v) is 2.29. The van der Waals surface area contributed by atoms with Crippen molar-refractivity contribution in [2.75, 3.05) is 26.8 Å². The fourth-order valence-corrected chi connectivity index (χ4v) is 1.43. The summed E-state index contributed by atoms with van der Waals surface area (Å²) in [5, 5.41) is 0. The van der Waals surface area contributed by atoms with Gasteiger partial charge in [-0.1, -0.05) is 0 Å². The van der Waals surface area contributed by atoms with E-state index in [4.69, 9.17) is 10.6 Å². The number of hydrogen-bond acceptors (Lipinski definition) is 3. The van der Waals surface area contributed by atoms with E-state index in [1.807, 2.05) is 0 Å². The van der Waals surface area contributed by atoms with Crippen LogP contribution in [0.2, 0.25) is 0 Å². The lowest BCUT2D eigenvalue weighted by molar-refractivity contribution is 0.207. The molecule has 14 heavy (non-hydrogen) atoms. The molecule has 5 nitrogen and oxygen atoms in total. The molecule has 0 aromatic heterocycles. The molecule has 3 N–H and O–H groups in total. The normalized spacial score (nSPS) is 16.9. The van der Waals surface area contributed by atoms with E-state index < -0.39 is 0 Å². The number of hydrogen-bond donors (Lipinski definition) is 2. The minimum Gasteiger partial charge on any atom is -0.383 e. The van der Waals surface area contributed by atoms with Crippen molar-refractivity contribution in [1.82, 2.24) is 10.3 Å². The highest BCUT2D eigenvalue weighted by molar-refractivity contribution is 5.80. The van der Waals surface area contributed by atoms with Gasteiger partial charge in [0.1, 0.15) is 0 Å². The molecule has 0 radical (unpaired) electrons. The lowest BCUT2D eigenvalue weighted by Gasteiger charge is -2.23. The molecular formula is C9H20N4O. The van der Waals surface area contributed by atoms with Crippen LogP contribution in [-0.2, 0) is 4.74 Å². The molecule has 0 saturated heterocycles. The lowest BCUT2D eigenvalue weighted by atomic mass is 10.5. The Kier molecular flexibility index (Phi) is 4.69. The Balaban J connectivity index is 2.44. The van der Waals surface area contributed by atoms with Gasteiger partial charge in [0.25, 0.3) is 0 Å². The maximum atomic E-state index is 5.43. The fourth-order valence-electron chi connectivity index (χ4n) is 1.43. The van der Waals surface area contributed by atoms with E-state index in [2.05, 4.69) is 22.2 Å². The number of nitrogens with two attached hydrogens (primary N) is 1. The maximum Gasteiger partial charge on any atom is 0.208 e. The second-order valence-corrected chi connectivity index (χ2v) is 3.36. The molecular weight excluding hydrogens is 180 g/mol. The van der Waals surface area contributed by atoms with Gasteiger partial charge in [-0.15, -0.1) is 0 Å². The number of nitrogens with zero attached hydrogens (tertiary/aromatic N) is 2. The molecule has 1 rings (SSSR count). The van der Waals surface area contributed by atoms with E-state index in [1.54, 1.807) is 7.11 Å². The van der Waals surface area contributed by atoms with E-state index >= 15 is 0 Å². The van der Waals surface area contributed by atoms with Crippen LogP contribution in [0.15, 0.2) is 4.99 Å². The van der Waals surface area contributed by atoms with Gasteiger partial charge in [-0.2, -0.15) is 0 Å². The summed E-state index contributed by atoms with van der Waals surface area (Å²) in [7, 11) is 1.67. The molecule has 0 aromatic carbocycles. The van der Waals surface area contributed by atoms with Crippen LogP contribution in [0.3, 0.4) is 0 Å². The van der Waals surface area contributed by atoms with Crippen molar-refractivity contribution in [3.63, 3.8) is 0 Å². The van der Waals surface area contributed by atoms with Gasteiger partial charge >= 0.3 is 0 Å². The van der Waals surface area contributed by atoms with E-state index in [0.29, 0.717) is 19.2 Å². The quantitative estimate of drug-likeness (QED) is 0.214. The average Bonchev–Trinajstić information content (AvgIpc) is 3.01. The molecule has 1 aliphatic carbocycles. The highest BCUT2D eigenvalue weighted by atomic mass is 16.5. The first-order chi connectivity index (χ1) is 6.83. The molecule has 1 aliphatic rings. The molecule has 1 fully saturated rings. The Morgan fingerprint density at radius 2 is 2.36 bits per heavy atom. The van der Waals surface area contributed by atoms with E-state index in [1.165, 1.54) is 12.8 Å². The highest BCUT2D eigenvalue weighted by Gasteiger charge is 2.29. The number of ether oxygens (including phenoxy) is 1. The van der Waals surface area contributed by atoms with Crippen molar-refractivity contribution in [3.05, 3.63) is 0 Å². The van der Waals surface area contributed by atoms with Crippen molar-refractivity contribution >= 4 is 5.96 Å². The monoisotopic (exact) mass is 200 g/mol. The van der Waals surface area contributed by atoms with Crippen molar-refractivity contribution in [3.8, 4) is 0 Å². The molecule has 1 saturated carbocycles. The molecule has 0 aromatic rings. The number of hydrazine groups is 1. The standard InChI is InChI=1S/C9H20N4O/c1-3-13(8-4-5-8)9(12-10)11-6-7-14-2/h8H,3-7,10H2,1-2H3,(H,11,12). The second kappa shape index (κ2) is 5.82. The Hall–Kier alpha value is -0.810. The molecule has 0 bridgehead atoms. The molecule has 0 amide bonds. The van der Waals surface area contributed by atoms with Gasteiger partial charge in [-0.25, -0.2) is 10.8 Å². The Bertz CT molecular complexity index is 191. The van der Waals surface area contributed by atoms with Gasteiger partial charge in [0.15, 0.2) is 0 Å². The van der Waals surface area contributed by atoms with Crippen molar-refractivity contribution in [2.24, 2.45) is 10.8 Å². The first-order valence-electron chi connectivity index (χ1n) is 5.10. The van der Waals surface area contributed by atoms with Crippen LogP contribution in [-0.4, -0.2) is 43.7 Å². The number of rotatable bonds is 5. The predicted octanol–water partition coefficient (Wildman–Crippen LogP) is -0.0636. The largest absolute Gasteiger partial charge is 0.383 e. The highest BCUT2D eigenvalue weighted by Crippen LogP contribution is 2.26. The van der Waals surface area contributed by atoms with Gasteiger partial charge in [0.05, 0.1) is 13.2 Å². The molecule has 0 spiro atoms. The Labute approximate surface area is 85.3 Å². The third kappa shape index (κ3) is 3.16. The van der Waals surface area contributed by atoms with Crippen LogP contribution in [0.25, 0.3) is 0 Å². The van der Waals surface area contributed by atoms with Crippen LogP contribution < -0.4 is 11.3 Å². The van der Waals surface area contributed by atoms with Gasteiger partial charge in [0.2, 0.25) is 5.96 Å². The summed E-state index contributed by atoms with van der Waals surface area (Å²) in [6, 6.07) is 0.636. The topological polar surface area (TPSA) is 62.9 Å². The van der Waals surface area contributed by atoms with E-state index in [9.17, 15) is 0 Å². The summed E-state index contributed by atoms with van der Waals surface area (Å²) >= 11 is 0. The minimum atomic E-state index is 0.632. The van der Waals surface area contributed by atoms with E-state index in [-0.39, 0.29) is 0 Å². The van der Waals surface area contributed by atoms with Crippen molar-refractivity contribution in [1.29, 1.82) is 0 Å². The minimum absolute atomic E-state index is 0.632. The van der Waals surface area contributed by atoms with Crippen molar-refractivity contribution < 1.29 is 4.74 Å². The number of aliphatic imine (C=N–C) groups is 1. The molecule has 0 aliphatic heterocycles. The first kappa shape index (κ1) is 11.3. The zero-order valence-corrected chi connectivity index (χ0v) is 8.99. The van der Waals surface area contributed by atoms with Crippen molar-refractivity contribution in [2.45, 2.75) is 25.8 Å². The first-order valence-corrected chi connectivity index (χ1v) is 5.10. The molecule has 0 unspecified atom stereocenters. The van der Waals surface area contributed by atoms with Crippen LogP contribution in [0.5, 0.6) is 0 Å². The van der Waals surface area contributed by atoms with Crippen LogP contribution in [0.1, 0.15) is 19.8 Å². The lowest BCUT2D eigenvalue weighted by Crippen LogP contribution is -2.46. The van der Waals surface area contributed by atoms with Crippen LogP contribution >= 0.6 is 0 Å². The summed E-state index contributed by atoms with van der Waals surface area (Å²) in [5.41, 5.74) is 2.65. The zero-order chi connectivity index (χ0) is 10.4. The van der Waals surface area contributed by atoms with Crippen LogP contribution in [0, 0.1) is 0 Å². The fraction of sp³-hybridized carbons (Fsp3) is 0.889. The summed E-state index contributed by atoms with van der Waals surface area (Å²) < 4.78 is 4.93. The molecule has 0 heterocycles. The van der Waals surface area contributed by atoms with Gasteiger partial charge in [-0.3, -0.25) is 5.43 Å². The molecule has 82 valence electrons. The smallest absolute Gasteiger partial charge is 0.208 e. The Morgan fingerprint density at radius 1 is 1.64 bits per heavy atom. The number of methoxy groups -OCH3 is 1. The number of guanidine groups is 1. The van der Waals surface area contributed by atoms with Gasteiger partial charge in [-0.05, 0) is 19.8 Å². The van der Waals surface area contributed by atoms with Gasteiger partial charge < -0.3 is 9.64 Å². The summed E-state index contributed by atoms with van der Waals surface area (Å²) in [5.74, 6) is 6.22. The number of nitrogens with one attached hydrogen (secondary N) is 1. The average molecular weight is 200 g/mol. The predicted molar refractivity (Wildman–Crippen MR) is 56.9 cm³/mol. The molecule has 5 heteroatoms. The molecule has 0 atom stereocenters. The SMILES string of the molecule is CCN(C(=NCCOC)NN)C1CC1. The van der Waals surface area contributed by atoms with Gasteiger partial charge in [0, 0.05) is 19.7 Å². The zero-order valence-electron chi connectivity index (χ0n) is 8.99. The second-order valence-electron chi connectivity index (χ2n) is 3.36. The maximum absolute atomic E-state index is 5.43. The van der Waals surface area contributed by atoms with Crippen LogP contribution in [0.4, 0.5) is 0 Å². The third-order valence-electron chi connectivity index (χ3n) is 2.29. The Morgan fingerprint density at radius 3 is 2.79 bits per heavy atom. The van der Waals surface area contributed by atoms with E-state index in [0.717, 1.165) is 12.5 Å². The summed E-state index contributed by atoms with van der Waals surface area (Å²) in [4.78, 5) is 6.55. The summed E-state index contributed by atoms with van der Waals surface area (Å²) in [6.07, 6.45) is 2.50.